The van der Waals surface area contributed by atoms with E-state index in [-0.39, 0.29) is 11.7 Å². The average molecular weight is 334 g/mol. The van der Waals surface area contributed by atoms with Gasteiger partial charge in [0.05, 0.1) is 11.0 Å². The molecule has 0 fully saturated rings. The van der Waals surface area contributed by atoms with Crippen LogP contribution in [-0.2, 0) is 0 Å². The van der Waals surface area contributed by atoms with Crippen molar-refractivity contribution in [2.24, 2.45) is 0 Å². The maximum atomic E-state index is 12.0. The minimum absolute atomic E-state index is 0.0627. The number of urea groups is 1. The highest BCUT2D eigenvalue weighted by Gasteiger charge is 2.16. The number of likely N-dealkylation sites (N-methyl/N-ethyl adjacent to an activating group) is 1. The molecular formula is C15H18N4O3S. The number of anilines is 1. The van der Waals surface area contributed by atoms with Gasteiger partial charge in [-0.1, -0.05) is 6.07 Å². The molecular weight excluding hydrogens is 316 g/mol. The van der Waals surface area contributed by atoms with E-state index in [1.54, 1.807) is 17.4 Å². The van der Waals surface area contributed by atoms with Crippen LogP contribution in [0.25, 0.3) is 0 Å². The molecule has 0 saturated carbocycles. The smallest absolute Gasteiger partial charge is 0.319 e. The molecule has 1 heterocycles. The monoisotopic (exact) mass is 334 g/mol. The Balaban J connectivity index is 1.94. The molecule has 0 unspecified atom stereocenters. The van der Waals surface area contributed by atoms with Crippen LogP contribution in [0.2, 0.25) is 0 Å². The molecule has 1 atom stereocenters. The standard InChI is InChI=1S/C15H18N4O3S/c1-18(2)14(11-6-7-23-10-11)9-16-15(20)17-12-4-3-5-13(8-12)19(21)22/h3-8,10,14H,9H2,1-2H3,(H2,16,17,20)/t14-/m0/s1. The number of carbonyl (C=O) groups is 1. The van der Waals surface area contributed by atoms with E-state index in [9.17, 15) is 14.9 Å². The molecule has 122 valence electrons. The predicted octanol–water partition coefficient (Wildman–Crippen LogP) is 3.08. The topological polar surface area (TPSA) is 87.5 Å². The molecule has 0 spiro atoms. The fourth-order valence-electron chi connectivity index (χ4n) is 2.13. The van der Waals surface area contributed by atoms with Gasteiger partial charge < -0.3 is 15.5 Å². The zero-order chi connectivity index (χ0) is 16.8. The van der Waals surface area contributed by atoms with Gasteiger partial charge in [0.15, 0.2) is 0 Å². The molecule has 0 aliphatic heterocycles. The zero-order valence-corrected chi connectivity index (χ0v) is 13.7. The first kappa shape index (κ1) is 16.9. The van der Waals surface area contributed by atoms with Gasteiger partial charge in [-0.2, -0.15) is 11.3 Å². The van der Waals surface area contributed by atoms with Crippen LogP contribution in [0.1, 0.15) is 11.6 Å². The van der Waals surface area contributed by atoms with Gasteiger partial charge in [0.1, 0.15) is 0 Å². The Labute approximate surface area is 138 Å². The molecule has 1 aromatic carbocycles. The Bertz CT molecular complexity index is 673. The lowest BCUT2D eigenvalue weighted by molar-refractivity contribution is -0.384. The summed E-state index contributed by atoms with van der Waals surface area (Å²) in [5.41, 5.74) is 1.46. The van der Waals surface area contributed by atoms with Crippen molar-refractivity contribution in [3.05, 3.63) is 56.8 Å². The summed E-state index contributed by atoms with van der Waals surface area (Å²) in [5, 5.41) is 20.2. The van der Waals surface area contributed by atoms with Gasteiger partial charge in [-0.3, -0.25) is 10.1 Å². The van der Waals surface area contributed by atoms with Gasteiger partial charge >= 0.3 is 6.03 Å². The lowest BCUT2D eigenvalue weighted by Crippen LogP contribution is -2.36. The molecule has 0 bridgehead atoms. The third kappa shape index (κ3) is 4.76. The second-order valence-corrected chi connectivity index (χ2v) is 5.96. The second-order valence-electron chi connectivity index (χ2n) is 5.18. The number of non-ortho nitro benzene ring substituents is 1. The zero-order valence-electron chi connectivity index (χ0n) is 12.9. The minimum Gasteiger partial charge on any atom is -0.336 e. The Morgan fingerprint density at radius 1 is 1.39 bits per heavy atom. The number of hydrogen-bond donors (Lipinski definition) is 2. The van der Waals surface area contributed by atoms with Gasteiger partial charge in [-0.25, -0.2) is 4.79 Å². The van der Waals surface area contributed by atoms with Crippen LogP contribution >= 0.6 is 11.3 Å². The maximum absolute atomic E-state index is 12.0. The quantitative estimate of drug-likeness (QED) is 0.628. The SMILES string of the molecule is CN(C)[C@@H](CNC(=O)Nc1cccc([N+](=O)[O-])c1)c1ccsc1. The summed E-state index contributed by atoms with van der Waals surface area (Å²) in [6.07, 6.45) is 0. The molecule has 0 aliphatic carbocycles. The molecule has 1 aromatic heterocycles. The summed E-state index contributed by atoms with van der Waals surface area (Å²) in [7, 11) is 3.89. The molecule has 2 amide bonds. The van der Waals surface area contributed by atoms with Gasteiger partial charge in [0, 0.05) is 24.4 Å². The molecule has 0 radical (unpaired) electrons. The van der Waals surface area contributed by atoms with Crippen LogP contribution in [0, 0.1) is 10.1 Å². The van der Waals surface area contributed by atoms with E-state index in [0.29, 0.717) is 12.2 Å². The van der Waals surface area contributed by atoms with Crippen LogP contribution in [0.5, 0.6) is 0 Å². The molecule has 2 aromatic rings. The number of carbonyl (C=O) groups excluding carboxylic acids is 1. The Kier molecular flexibility index (Phi) is 5.67. The van der Waals surface area contributed by atoms with Crippen molar-refractivity contribution in [2.45, 2.75) is 6.04 Å². The van der Waals surface area contributed by atoms with Crippen LogP contribution in [0.4, 0.5) is 16.2 Å². The highest BCUT2D eigenvalue weighted by Crippen LogP contribution is 2.20. The van der Waals surface area contributed by atoms with E-state index in [0.717, 1.165) is 5.56 Å². The van der Waals surface area contributed by atoms with Crippen molar-refractivity contribution >= 4 is 28.7 Å². The van der Waals surface area contributed by atoms with Crippen LogP contribution < -0.4 is 10.6 Å². The fourth-order valence-corrected chi connectivity index (χ4v) is 2.83. The number of thiophene rings is 1. The first-order valence-corrected chi connectivity index (χ1v) is 7.89. The van der Waals surface area contributed by atoms with Crippen molar-refractivity contribution < 1.29 is 9.72 Å². The molecule has 23 heavy (non-hydrogen) atoms. The van der Waals surface area contributed by atoms with Gasteiger partial charge in [-0.15, -0.1) is 0 Å². The third-order valence-electron chi connectivity index (χ3n) is 3.32. The Morgan fingerprint density at radius 3 is 2.78 bits per heavy atom. The summed E-state index contributed by atoms with van der Waals surface area (Å²) in [6.45, 7) is 0.435. The van der Waals surface area contributed by atoms with Crippen molar-refractivity contribution in [1.29, 1.82) is 0 Å². The summed E-state index contributed by atoms with van der Waals surface area (Å²) >= 11 is 1.61. The Morgan fingerprint density at radius 2 is 2.17 bits per heavy atom. The number of nitrogens with zero attached hydrogens (tertiary/aromatic N) is 2. The van der Waals surface area contributed by atoms with Crippen LogP contribution in [-0.4, -0.2) is 36.5 Å². The van der Waals surface area contributed by atoms with Gasteiger partial charge in [-0.05, 0) is 42.6 Å². The highest BCUT2D eigenvalue weighted by atomic mass is 32.1. The lowest BCUT2D eigenvalue weighted by Gasteiger charge is -2.24. The summed E-state index contributed by atoms with van der Waals surface area (Å²) in [6, 6.07) is 7.53. The van der Waals surface area contributed by atoms with E-state index in [2.05, 4.69) is 10.6 Å². The van der Waals surface area contributed by atoms with E-state index in [1.165, 1.54) is 18.2 Å². The van der Waals surface area contributed by atoms with E-state index in [4.69, 9.17) is 0 Å². The van der Waals surface area contributed by atoms with Gasteiger partial charge in [0.2, 0.25) is 0 Å². The fraction of sp³-hybridized carbons (Fsp3) is 0.267. The number of nitro groups is 1. The van der Waals surface area contributed by atoms with E-state index in [1.807, 2.05) is 35.8 Å². The first-order valence-electron chi connectivity index (χ1n) is 6.95. The van der Waals surface area contributed by atoms with Crippen molar-refractivity contribution in [3.8, 4) is 0 Å². The lowest BCUT2D eigenvalue weighted by atomic mass is 10.1. The number of rotatable bonds is 6. The molecule has 8 heteroatoms. The summed E-state index contributed by atoms with van der Waals surface area (Å²) in [5.74, 6) is 0. The predicted molar refractivity (Wildman–Crippen MR) is 90.9 cm³/mol. The number of nitrogens with one attached hydrogen (secondary N) is 2. The second kappa shape index (κ2) is 7.70. The molecule has 2 rings (SSSR count). The first-order chi connectivity index (χ1) is 11.0. The average Bonchev–Trinajstić information content (AvgIpc) is 3.01. The van der Waals surface area contributed by atoms with Crippen LogP contribution in [0.3, 0.4) is 0 Å². The number of nitro benzene ring substituents is 1. The van der Waals surface area contributed by atoms with E-state index >= 15 is 0 Å². The minimum atomic E-state index is -0.498. The van der Waals surface area contributed by atoms with Crippen molar-refractivity contribution in [1.82, 2.24) is 10.2 Å². The molecule has 2 N–H and O–H groups in total. The Hall–Kier alpha value is -2.45. The summed E-state index contributed by atoms with van der Waals surface area (Å²) < 4.78 is 0. The molecule has 0 saturated heterocycles. The summed E-state index contributed by atoms with van der Waals surface area (Å²) in [4.78, 5) is 24.2. The largest absolute Gasteiger partial charge is 0.336 e. The normalized spacial score (nSPS) is 12.0. The number of amides is 2. The third-order valence-corrected chi connectivity index (χ3v) is 4.02. The highest BCUT2D eigenvalue weighted by molar-refractivity contribution is 7.07. The van der Waals surface area contributed by atoms with Crippen LogP contribution in [0.15, 0.2) is 41.1 Å². The van der Waals surface area contributed by atoms with Crippen molar-refractivity contribution in [3.63, 3.8) is 0 Å². The van der Waals surface area contributed by atoms with E-state index < -0.39 is 11.0 Å². The number of hydrogen-bond acceptors (Lipinski definition) is 5. The van der Waals surface area contributed by atoms with Gasteiger partial charge in [0.25, 0.3) is 5.69 Å². The van der Waals surface area contributed by atoms with Crippen molar-refractivity contribution in [2.75, 3.05) is 26.0 Å². The maximum Gasteiger partial charge on any atom is 0.319 e. The molecule has 7 nitrogen and oxygen atoms in total. The molecule has 0 aliphatic rings. The number of benzene rings is 1.